The van der Waals surface area contributed by atoms with E-state index in [1.807, 2.05) is 0 Å². The third-order valence-electron chi connectivity index (χ3n) is 5.42. The fourth-order valence-electron chi connectivity index (χ4n) is 3.83. The van der Waals surface area contributed by atoms with Crippen LogP contribution in [-0.2, 0) is 17.8 Å². The molecule has 1 aromatic carbocycles. The lowest BCUT2D eigenvalue weighted by Crippen LogP contribution is -2.21. The van der Waals surface area contributed by atoms with E-state index < -0.39 is 0 Å². The Hall–Kier alpha value is -1.84. The van der Waals surface area contributed by atoms with Crippen molar-refractivity contribution in [2.45, 2.75) is 97.4 Å². The van der Waals surface area contributed by atoms with Crippen LogP contribution in [-0.4, -0.2) is 22.0 Å². The van der Waals surface area contributed by atoms with Crippen LogP contribution in [0.25, 0.3) is 11.0 Å². The highest BCUT2D eigenvalue weighted by Gasteiger charge is 2.10. The highest BCUT2D eigenvalue weighted by atomic mass is 16.1. The zero-order valence-electron chi connectivity index (χ0n) is 18.0. The summed E-state index contributed by atoms with van der Waals surface area (Å²) in [5.74, 6) is 1.20. The van der Waals surface area contributed by atoms with E-state index in [0.29, 0.717) is 0 Å². The smallest absolute Gasteiger partial charge is 0.216 e. The molecule has 4 heteroatoms. The Bertz CT molecular complexity index is 692. The van der Waals surface area contributed by atoms with Gasteiger partial charge in [-0.15, -0.1) is 0 Å². The Kier molecular flexibility index (Phi) is 10.7. The lowest BCUT2D eigenvalue weighted by molar-refractivity contribution is -0.118. The first kappa shape index (κ1) is 22.4. The molecule has 0 saturated carbocycles. The standard InChI is InChI=1S/C24H39N3O/c1-3-4-5-6-7-8-9-10-11-14-20-27-23-17-13-12-16-22(23)26-24(27)18-15-19-25-21(2)28/h12-13,16-17H,3-11,14-15,18-20H2,1-2H3,(H,25,28). The lowest BCUT2D eigenvalue weighted by Gasteiger charge is -2.10. The van der Waals surface area contributed by atoms with E-state index in [4.69, 9.17) is 4.98 Å². The Morgan fingerprint density at radius 3 is 2.25 bits per heavy atom. The number of imidazole rings is 1. The van der Waals surface area contributed by atoms with E-state index >= 15 is 0 Å². The molecule has 0 bridgehead atoms. The summed E-state index contributed by atoms with van der Waals surface area (Å²) in [6.45, 7) is 5.61. The number of carbonyl (C=O) groups is 1. The molecule has 1 amide bonds. The molecule has 1 aromatic heterocycles. The number of para-hydroxylation sites is 2. The van der Waals surface area contributed by atoms with Gasteiger partial charge in [0.2, 0.25) is 5.91 Å². The van der Waals surface area contributed by atoms with E-state index in [1.165, 1.54) is 69.7 Å². The molecule has 0 aliphatic heterocycles. The molecular formula is C24H39N3O. The molecule has 0 aliphatic carbocycles. The number of aryl methyl sites for hydroxylation is 2. The topological polar surface area (TPSA) is 46.9 Å². The molecule has 0 unspecified atom stereocenters. The van der Waals surface area contributed by atoms with E-state index in [1.54, 1.807) is 6.92 Å². The summed E-state index contributed by atoms with van der Waals surface area (Å²) in [5.41, 5.74) is 2.33. The van der Waals surface area contributed by atoms with Gasteiger partial charge in [-0.2, -0.15) is 0 Å². The van der Waals surface area contributed by atoms with Crippen LogP contribution in [0.1, 0.15) is 90.3 Å². The van der Waals surface area contributed by atoms with E-state index in [2.05, 4.69) is 41.1 Å². The highest BCUT2D eigenvalue weighted by molar-refractivity contribution is 5.76. The van der Waals surface area contributed by atoms with Crippen molar-refractivity contribution in [1.82, 2.24) is 14.9 Å². The predicted octanol–water partition coefficient (Wildman–Crippen LogP) is 6.03. The molecule has 1 N–H and O–H groups in total. The first-order chi connectivity index (χ1) is 13.7. The van der Waals surface area contributed by atoms with Crippen LogP contribution in [0.3, 0.4) is 0 Å². The van der Waals surface area contributed by atoms with Gasteiger partial charge in [-0.1, -0.05) is 76.8 Å². The van der Waals surface area contributed by atoms with Gasteiger partial charge in [-0.3, -0.25) is 4.79 Å². The summed E-state index contributed by atoms with van der Waals surface area (Å²) in [4.78, 5) is 15.9. The number of hydrogen-bond donors (Lipinski definition) is 1. The summed E-state index contributed by atoms with van der Waals surface area (Å²) in [6.07, 6.45) is 15.4. The number of fused-ring (bicyclic) bond motifs is 1. The van der Waals surface area contributed by atoms with Crippen LogP contribution >= 0.6 is 0 Å². The molecule has 0 aliphatic rings. The van der Waals surface area contributed by atoms with Crippen molar-refractivity contribution >= 4 is 16.9 Å². The van der Waals surface area contributed by atoms with Crippen LogP contribution in [0.4, 0.5) is 0 Å². The second-order valence-corrected chi connectivity index (χ2v) is 7.94. The molecule has 2 rings (SSSR count). The van der Waals surface area contributed by atoms with Gasteiger partial charge in [-0.25, -0.2) is 4.98 Å². The maximum atomic E-state index is 11.0. The number of amides is 1. The largest absolute Gasteiger partial charge is 0.356 e. The summed E-state index contributed by atoms with van der Waals surface area (Å²) in [7, 11) is 0. The minimum Gasteiger partial charge on any atom is -0.356 e. The number of hydrogen-bond acceptors (Lipinski definition) is 2. The number of carbonyl (C=O) groups excluding carboxylic acids is 1. The molecule has 4 nitrogen and oxygen atoms in total. The third kappa shape index (κ3) is 8.04. The van der Waals surface area contributed by atoms with E-state index in [0.717, 1.165) is 37.3 Å². The summed E-state index contributed by atoms with van der Waals surface area (Å²) in [6, 6.07) is 8.43. The summed E-state index contributed by atoms with van der Waals surface area (Å²) < 4.78 is 2.40. The van der Waals surface area contributed by atoms with Crippen LogP contribution in [0.15, 0.2) is 24.3 Å². The maximum Gasteiger partial charge on any atom is 0.216 e. The van der Waals surface area contributed by atoms with Crippen LogP contribution in [0.2, 0.25) is 0 Å². The number of nitrogens with one attached hydrogen (secondary N) is 1. The Morgan fingerprint density at radius 1 is 0.929 bits per heavy atom. The van der Waals surface area contributed by atoms with Gasteiger partial charge in [0.05, 0.1) is 11.0 Å². The van der Waals surface area contributed by atoms with Gasteiger partial charge in [0.15, 0.2) is 0 Å². The zero-order chi connectivity index (χ0) is 20.0. The van der Waals surface area contributed by atoms with Gasteiger partial charge >= 0.3 is 0 Å². The van der Waals surface area contributed by atoms with Crippen molar-refractivity contribution in [3.63, 3.8) is 0 Å². The molecule has 0 saturated heterocycles. The molecule has 0 spiro atoms. The second-order valence-electron chi connectivity index (χ2n) is 7.94. The maximum absolute atomic E-state index is 11.0. The Morgan fingerprint density at radius 2 is 1.57 bits per heavy atom. The minimum atomic E-state index is 0.0406. The predicted molar refractivity (Wildman–Crippen MR) is 119 cm³/mol. The normalized spacial score (nSPS) is 11.2. The number of benzene rings is 1. The van der Waals surface area contributed by atoms with Gasteiger partial charge in [-0.05, 0) is 25.0 Å². The molecule has 0 fully saturated rings. The van der Waals surface area contributed by atoms with Crippen molar-refractivity contribution in [2.75, 3.05) is 6.54 Å². The molecule has 28 heavy (non-hydrogen) atoms. The number of rotatable bonds is 15. The van der Waals surface area contributed by atoms with Crippen LogP contribution < -0.4 is 5.32 Å². The van der Waals surface area contributed by atoms with Crippen LogP contribution in [0, 0.1) is 0 Å². The molecule has 2 aromatic rings. The van der Waals surface area contributed by atoms with Gasteiger partial charge in [0.25, 0.3) is 0 Å². The molecule has 0 radical (unpaired) electrons. The first-order valence-corrected chi connectivity index (χ1v) is 11.4. The van der Waals surface area contributed by atoms with Gasteiger partial charge in [0, 0.05) is 26.4 Å². The number of unbranched alkanes of at least 4 members (excludes halogenated alkanes) is 9. The fraction of sp³-hybridized carbons (Fsp3) is 0.667. The third-order valence-corrected chi connectivity index (χ3v) is 5.42. The SMILES string of the molecule is CCCCCCCCCCCCn1c(CCCNC(C)=O)nc2ccccc21. The number of nitrogens with zero attached hydrogens (tertiary/aromatic N) is 2. The first-order valence-electron chi connectivity index (χ1n) is 11.4. The van der Waals surface area contributed by atoms with Crippen molar-refractivity contribution < 1.29 is 4.79 Å². The van der Waals surface area contributed by atoms with Crippen molar-refractivity contribution in [3.05, 3.63) is 30.1 Å². The van der Waals surface area contributed by atoms with E-state index in [9.17, 15) is 4.79 Å². The van der Waals surface area contributed by atoms with Crippen molar-refractivity contribution in [3.8, 4) is 0 Å². The average molecular weight is 386 g/mol. The molecule has 156 valence electrons. The summed E-state index contributed by atoms with van der Waals surface area (Å²) >= 11 is 0. The van der Waals surface area contributed by atoms with Gasteiger partial charge in [0.1, 0.15) is 5.82 Å². The van der Waals surface area contributed by atoms with Crippen molar-refractivity contribution in [1.29, 1.82) is 0 Å². The highest BCUT2D eigenvalue weighted by Crippen LogP contribution is 2.19. The Balaban J connectivity index is 1.74. The number of aromatic nitrogens is 2. The van der Waals surface area contributed by atoms with E-state index in [-0.39, 0.29) is 5.91 Å². The Labute approximate surface area is 171 Å². The molecule has 1 heterocycles. The molecular weight excluding hydrogens is 346 g/mol. The lowest BCUT2D eigenvalue weighted by atomic mass is 10.1. The quantitative estimate of drug-likeness (QED) is 0.381. The fourth-order valence-corrected chi connectivity index (χ4v) is 3.83. The van der Waals surface area contributed by atoms with Crippen molar-refractivity contribution in [2.24, 2.45) is 0 Å². The second kappa shape index (κ2) is 13.4. The molecule has 0 atom stereocenters. The minimum absolute atomic E-state index is 0.0406. The van der Waals surface area contributed by atoms with Crippen LogP contribution in [0.5, 0.6) is 0 Å². The summed E-state index contributed by atoms with van der Waals surface area (Å²) in [5, 5.41) is 2.88. The zero-order valence-corrected chi connectivity index (χ0v) is 18.0. The average Bonchev–Trinajstić information content (AvgIpc) is 3.04. The van der Waals surface area contributed by atoms with Gasteiger partial charge < -0.3 is 9.88 Å². The monoisotopic (exact) mass is 385 g/mol.